The van der Waals surface area contributed by atoms with Crippen LogP contribution in [0.5, 0.6) is 5.75 Å². The summed E-state index contributed by atoms with van der Waals surface area (Å²) in [5, 5.41) is 11.8. The Balaban J connectivity index is 1.67. The van der Waals surface area contributed by atoms with Gasteiger partial charge in [0.25, 0.3) is 0 Å². The van der Waals surface area contributed by atoms with Crippen molar-refractivity contribution in [3.05, 3.63) is 77.5 Å². The molecule has 0 unspecified atom stereocenters. The second-order valence-corrected chi connectivity index (χ2v) is 8.70. The predicted molar refractivity (Wildman–Crippen MR) is 122 cm³/mol. The van der Waals surface area contributed by atoms with Crippen molar-refractivity contribution in [2.45, 2.75) is 15.7 Å². The van der Waals surface area contributed by atoms with Crippen molar-refractivity contribution in [3.63, 3.8) is 0 Å². The van der Waals surface area contributed by atoms with E-state index >= 15 is 0 Å². The van der Waals surface area contributed by atoms with Gasteiger partial charge in [-0.05, 0) is 42.2 Å². The highest BCUT2D eigenvalue weighted by Crippen LogP contribution is 2.38. The summed E-state index contributed by atoms with van der Waals surface area (Å²) in [5.74, 6) is 1.17. The normalized spacial score (nSPS) is 11.0. The fraction of sp³-hybridized carbons (Fsp3) is 0.0909. The summed E-state index contributed by atoms with van der Waals surface area (Å²) in [6.07, 6.45) is 7.10. The van der Waals surface area contributed by atoms with Crippen LogP contribution in [0, 0.1) is 5.82 Å². The first-order valence-electron chi connectivity index (χ1n) is 8.99. The number of rotatable bonds is 6. The molecule has 2 N–H and O–H groups in total. The van der Waals surface area contributed by atoms with Gasteiger partial charge in [0.05, 0.1) is 9.92 Å². The topological polar surface area (TPSA) is 61.8 Å². The minimum atomic E-state index is -0.288. The summed E-state index contributed by atoms with van der Waals surface area (Å²) in [6, 6.07) is 11.8. The van der Waals surface area contributed by atoms with Gasteiger partial charge in [0.1, 0.15) is 17.4 Å². The standard InChI is InChI=1S/C22H17ClFN3OS2/c1-29-19-9-15(23)8-14(21(19)28)12-30-20-10-17(22-25-6-7-26-22)18(11-27-20)13-2-4-16(24)5-3-13/h2-11,28H,12H2,1H3,(H,25,26). The Labute approximate surface area is 186 Å². The van der Waals surface area contributed by atoms with Gasteiger partial charge in [0, 0.05) is 46.1 Å². The number of H-pyrrole nitrogens is 1. The van der Waals surface area contributed by atoms with E-state index in [-0.39, 0.29) is 11.6 Å². The number of aromatic amines is 1. The number of aromatic hydroxyl groups is 1. The molecular weight excluding hydrogens is 441 g/mol. The predicted octanol–water partition coefficient (Wildman–Crippen LogP) is 6.65. The zero-order chi connectivity index (χ0) is 21.1. The molecule has 0 amide bonds. The molecule has 0 aliphatic heterocycles. The van der Waals surface area contributed by atoms with Gasteiger partial charge in [0.15, 0.2) is 0 Å². The van der Waals surface area contributed by atoms with Crippen molar-refractivity contribution in [1.82, 2.24) is 15.0 Å². The highest BCUT2D eigenvalue weighted by atomic mass is 35.5. The minimum absolute atomic E-state index is 0.244. The van der Waals surface area contributed by atoms with E-state index in [9.17, 15) is 9.50 Å². The average Bonchev–Trinajstić information content (AvgIpc) is 3.29. The maximum absolute atomic E-state index is 13.3. The van der Waals surface area contributed by atoms with Gasteiger partial charge in [-0.25, -0.2) is 14.4 Å². The summed E-state index contributed by atoms with van der Waals surface area (Å²) >= 11 is 9.13. The smallest absolute Gasteiger partial charge is 0.138 e. The van der Waals surface area contributed by atoms with Crippen LogP contribution >= 0.6 is 35.1 Å². The van der Waals surface area contributed by atoms with Crippen molar-refractivity contribution in [3.8, 4) is 28.3 Å². The van der Waals surface area contributed by atoms with Crippen molar-refractivity contribution in [1.29, 1.82) is 0 Å². The van der Waals surface area contributed by atoms with Crippen LogP contribution in [-0.2, 0) is 5.75 Å². The number of benzene rings is 2. The first-order valence-corrected chi connectivity index (χ1v) is 11.6. The Morgan fingerprint density at radius 2 is 1.90 bits per heavy atom. The Bertz CT molecular complexity index is 1170. The highest BCUT2D eigenvalue weighted by Gasteiger charge is 2.14. The number of phenols is 1. The van der Waals surface area contributed by atoms with Crippen LogP contribution in [0.1, 0.15) is 5.56 Å². The van der Waals surface area contributed by atoms with E-state index in [0.29, 0.717) is 16.6 Å². The van der Waals surface area contributed by atoms with E-state index in [0.717, 1.165) is 32.2 Å². The van der Waals surface area contributed by atoms with Crippen molar-refractivity contribution >= 4 is 35.1 Å². The molecule has 4 nitrogen and oxygen atoms in total. The molecule has 0 aliphatic carbocycles. The van der Waals surface area contributed by atoms with Gasteiger partial charge in [-0.3, -0.25) is 0 Å². The first-order chi connectivity index (χ1) is 14.5. The number of imidazole rings is 1. The van der Waals surface area contributed by atoms with E-state index in [1.165, 1.54) is 35.7 Å². The molecular formula is C22H17ClFN3OS2. The lowest BCUT2D eigenvalue weighted by Gasteiger charge is -2.11. The van der Waals surface area contributed by atoms with Crippen LogP contribution < -0.4 is 0 Å². The molecule has 2 aromatic carbocycles. The minimum Gasteiger partial charge on any atom is -0.506 e. The summed E-state index contributed by atoms with van der Waals surface area (Å²) in [6.45, 7) is 0. The molecule has 152 valence electrons. The third-order valence-electron chi connectivity index (χ3n) is 4.50. The first kappa shape index (κ1) is 20.8. The number of phenolic OH excluding ortho intramolecular Hbond substituents is 1. The summed E-state index contributed by atoms with van der Waals surface area (Å²) in [5.41, 5.74) is 3.32. The second-order valence-electron chi connectivity index (χ2n) is 6.42. The monoisotopic (exact) mass is 457 g/mol. The Kier molecular flexibility index (Phi) is 6.32. The summed E-state index contributed by atoms with van der Waals surface area (Å²) in [7, 11) is 0. The van der Waals surface area contributed by atoms with Gasteiger partial charge in [-0.2, -0.15) is 0 Å². The molecule has 4 aromatic rings. The molecule has 0 aliphatic rings. The average molecular weight is 458 g/mol. The lowest BCUT2D eigenvalue weighted by atomic mass is 10.0. The Morgan fingerprint density at radius 3 is 2.60 bits per heavy atom. The molecule has 0 spiro atoms. The molecule has 2 aromatic heterocycles. The number of nitrogens with one attached hydrogen (secondary N) is 1. The Morgan fingerprint density at radius 1 is 1.10 bits per heavy atom. The molecule has 0 saturated heterocycles. The number of thioether (sulfide) groups is 2. The zero-order valence-corrected chi connectivity index (χ0v) is 18.3. The second kappa shape index (κ2) is 9.12. The third-order valence-corrected chi connectivity index (χ3v) is 6.45. The van der Waals surface area contributed by atoms with E-state index < -0.39 is 0 Å². The molecule has 0 radical (unpaired) electrons. The van der Waals surface area contributed by atoms with E-state index in [2.05, 4.69) is 15.0 Å². The van der Waals surface area contributed by atoms with Crippen LogP contribution in [0.4, 0.5) is 4.39 Å². The molecule has 0 bridgehead atoms. The number of aromatic nitrogens is 3. The van der Waals surface area contributed by atoms with Gasteiger partial charge in [0.2, 0.25) is 0 Å². The molecule has 0 fully saturated rings. The van der Waals surface area contributed by atoms with Gasteiger partial charge in [-0.1, -0.05) is 23.7 Å². The van der Waals surface area contributed by atoms with Crippen LogP contribution in [0.15, 0.2) is 71.0 Å². The van der Waals surface area contributed by atoms with E-state index in [1.807, 2.05) is 12.3 Å². The summed E-state index contributed by atoms with van der Waals surface area (Å²) in [4.78, 5) is 12.8. The molecule has 0 atom stereocenters. The number of halogens is 2. The molecule has 30 heavy (non-hydrogen) atoms. The lowest BCUT2D eigenvalue weighted by Crippen LogP contribution is -1.92. The lowest BCUT2D eigenvalue weighted by molar-refractivity contribution is 0.457. The molecule has 0 saturated carbocycles. The molecule has 2 heterocycles. The van der Waals surface area contributed by atoms with Crippen LogP contribution in [0.3, 0.4) is 0 Å². The molecule has 8 heteroatoms. The van der Waals surface area contributed by atoms with Crippen molar-refractivity contribution < 1.29 is 9.50 Å². The SMILES string of the molecule is CSc1cc(Cl)cc(CSc2cc(-c3ncc[nH]3)c(-c3ccc(F)cc3)cn2)c1O. The van der Waals surface area contributed by atoms with Gasteiger partial charge in [-0.15, -0.1) is 23.5 Å². The van der Waals surface area contributed by atoms with E-state index in [1.54, 1.807) is 42.9 Å². The number of hydrogen-bond donors (Lipinski definition) is 2. The number of pyridine rings is 1. The third kappa shape index (κ3) is 4.48. The highest BCUT2D eigenvalue weighted by molar-refractivity contribution is 7.99. The number of nitrogens with zero attached hydrogens (tertiary/aromatic N) is 2. The maximum atomic E-state index is 13.3. The Hall–Kier alpha value is -2.48. The van der Waals surface area contributed by atoms with Gasteiger partial charge >= 0.3 is 0 Å². The summed E-state index contributed by atoms with van der Waals surface area (Å²) < 4.78 is 13.3. The van der Waals surface area contributed by atoms with Crippen LogP contribution in [0.25, 0.3) is 22.5 Å². The van der Waals surface area contributed by atoms with Crippen molar-refractivity contribution in [2.24, 2.45) is 0 Å². The molecule has 4 rings (SSSR count). The quantitative estimate of drug-likeness (QED) is 0.317. The van der Waals surface area contributed by atoms with Crippen LogP contribution in [0.2, 0.25) is 5.02 Å². The van der Waals surface area contributed by atoms with Crippen molar-refractivity contribution in [2.75, 3.05) is 6.26 Å². The zero-order valence-electron chi connectivity index (χ0n) is 15.9. The fourth-order valence-electron chi connectivity index (χ4n) is 3.03. The fourth-order valence-corrected chi connectivity index (χ4v) is 4.76. The van der Waals surface area contributed by atoms with Gasteiger partial charge < -0.3 is 10.1 Å². The largest absolute Gasteiger partial charge is 0.506 e. The maximum Gasteiger partial charge on any atom is 0.138 e. The number of hydrogen-bond acceptors (Lipinski definition) is 5. The van der Waals surface area contributed by atoms with E-state index in [4.69, 9.17) is 11.6 Å². The van der Waals surface area contributed by atoms with Crippen LogP contribution in [-0.4, -0.2) is 26.3 Å².